The summed E-state index contributed by atoms with van der Waals surface area (Å²) in [7, 11) is -2.19. The van der Waals surface area contributed by atoms with E-state index in [-0.39, 0.29) is 22.4 Å². The van der Waals surface area contributed by atoms with Gasteiger partial charge < -0.3 is 10.1 Å². The lowest BCUT2D eigenvalue weighted by Gasteiger charge is -2.29. The molecule has 0 radical (unpaired) electrons. The second-order valence-electron chi connectivity index (χ2n) is 8.24. The molecule has 2 aromatic carbocycles. The Hall–Kier alpha value is -2.38. The number of methoxy groups -OCH3 is 1. The number of sulfonamides is 1. The van der Waals surface area contributed by atoms with Crippen molar-refractivity contribution in [2.24, 2.45) is 5.92 Å². The SMILES string of the molecule is CCc1ccc(C(C)NC(=O)c2cc(S(=O)(=O)N3CCC(C)CC3)ccc2OC)cc1. The molecular weight excluding hydrogens is 412 g/mol. The Morgan fingerprint density at radius 1 is 1.16 bits per heavy atom. The summed E-state index contributed by atoms with van der Waals surface area (Å²) in [6, 6.07) is 12.3. The number of nitrogens with one attached hydrogen (secondary N) is 1. The van der Waals surface area contributed by atoms with Crippen molar-refractivity contribution in [1.82, 2.24) is 9.62 Å². The summed E-state index contributed by atoms with van der Waals surface area (Å²) in [4.78, 5) is 13.1. The van der Waals surface area contributed by atoms with Crippen LogP contribution in [0.1, 0.15) is 61.1 Å². The van der Waals surface area contributed by atoms with Crippen molar-refractivity contribution in [2.75, 3.05) is 20.2 Å². The summed E-state index contributed by atoms with van der Waals surface area (Å²) in [5.74, 6) is 0.502. The predicted molar refractivity (Wildman–Crippen MR) is 122 cm³/mol. The van der Waals surface area contributed by atoms with Gasteiger partial charge in [-0.25, -0.2) is 8.42 Å². The molecule has 1 saturated heterocycles. The Labute approximate surface area is 185 Å². The van der Waals surface area contributed by atoms with Gasteiger partial charge in [0.1, 0.15) is 5.75 Å². The first-order chi connectivity index (χ1) is 14.8. The monoisotopic (exact) mass is 444 g/mol. The molecule has 3 rings (SSSR count). The van der Waals surface area contributed by atoms with Gasteiger partial charge in [-0.15, -0.1) is 0 Å². The van der Waals surface area contributed by atoms with E-state index in [2.05, 4.69) is 19.2 Å². The molecule has 1 N–H and O–H groups in total. The van der Waals surface area contributed by atoms with Crippen LogP contribution in [0, 0.1) is 5.92 Å². The van der Waals surface area contributed by atoms with Crippen LogP contribution in [-0.4, -0.2) is 38.8 Å². The first-order valence-electron chi connectivity index (χ1n) is 10.8. The molecule has 1 fully saturated rings. The van der Waals surface area contributed by atoms with Crippen LogP contribution in [0.15, 0.2) is 47.4 Å². The molecular formula is C24H32N2O4S. The third-order valence-electron chi connectivity index (χ3n) is 6.03. The van der Waals surface area contributed by atoms with E-state index in [1.165, 1.54) is 29.1 Å². The molecule has 0 saturated carbocycles. The van der Waals surface area contributed by atoms with Crippen LogP contribution in [0.4, 0.5) is 0 Å². The van der Waals surface area contributed by atoms with Crippen molar-refractivity contribution < 1.29 is 17.9 Å². The highest BCUT2D eigenvalue weighted by atomic mass is 32.2. The third kappa shape index (κ3) is 5.28. The maximum atomic E-state index is 13.1. The van der Waals surface area contributed by atoms with Crippen molar-refractivity contribution in [3.05, 3.63) is 59.2 Å². The average Bonchev–Trinajstić information content (AvgIpc) is 2.78. The second kappa shape index (κ2) is 9.83. The average molecular weight is 445 g/mol. The van der Waals surface area contributed by atoms with E-state index in [1.54, 1.807) is 6.07 Å². The van der Waals surface area contributed by atoms with Gasteiger partial charge in [-0.05, 0) is 61.4 Å². The minimum absolute atomic E-state index is 0.118. The summed E-state index contributed by atoms with van der Waals surface area (Å²) in [6.07, 6.45) is 2.64. The molecule has 1 aliphatic rings. The van der Waals surface area contributed by atoms with Gasteiger partial charge in [0.15, 0.2) is 0 Å². The molecule has 168 valence electrons. The standard InChI is InChI=1S/C24H32N2O4S/c1-5-19-6-8-20(9-7-19)18(3)25-24(27)22-16-21(10-11-23(22)30-4)31(28,29)26-14-12-17(2)13-15-26/h6-11,16-18H,5,12-15H2,1-4H3,(H,25,27). The molecule has 1 unspecified atom stereocenters. The fourth-order valence-electron chi connectivity index (χ4n) is 3.80. The van der Waals surface area contributed by atoms with Crippen molar-refractivity contribution in [1.29, 1.82) is 0 Å². The smallest absolute Gasteiger partial charge is 0.255 e. The van der Waals surface area contributed by atoms with Crippen LogP contribution in [0.5, 0.6) is 5.75 Å². The van der Waals surface area contributed by atoms with Crippen molar-refractivity contribution in [2.45, 2.75) is 51.0 Å². The number of piperidine rings is 1. The van der Waals surface area contributed by atoms with E-state index in [0.717, 1.165) is 24.8 Å². The molecule has 1 amide bonds. The Morgan fingerprint density at radius 3 is 2.39 bits per heavy atom. The molecule has 1 heterocycles. The lowest BCUT2D eigenvalue weighted by atomic mass is 10.0. The van der Waals surface area contributed by atoms with E-state index in [4.69, 9.17) is 4.74 Å². The minimum Gasteiger partial charge on any atom is -0.496 e. The van der Waals surface area contributed by atoms with Gasteiger partial charge in [-0.1, -0.05) is 38.1 Å². The van der Waals surface area contributed by atoms with E-state index in [9.17, 15) is 13.2 Å². The van der Waals surface area contributed by atoms with Crippen molar-refractivity contribution >= 4 is 15.9 Å². The molecule has 31 heavy (non-hydrogen) atoms. The first kappa shape index (κ1) is 23.3. The van der Waals surface area contributed by atoms with Gasteiger partial charge in [-0.3, -0.25) is 4.79 Å². The Balaban J connectivity index is 1.83. The molecule has 6 nitrogen and oxygen atoms in total. The Bertz CT molecular complexity index is 1010. The number of carbonyl (C=O) groups excluding carboxylic acids is 1. The number of amides is 1. The second-order valence-corrected chi connectivity index (χ2v) is 10.2. The van der Waals surface area contributed by atoms with Crippen molar-refractivity contribution in [3.8, 4) is 5.75 Å². The summed E-state index contributed by atoms with van der Waals surface area (Å²) in [6.45, 7) is 7.14. The summed E-state index contributed by atoms with van der Waals surface area (Å²) in [5, 5.41) is 2.96. The van der Waals surface area contributed by atoms with Crippen molar-refractivity contribution in [3.63, 3.8) is 0 Å². The van der Waals surface area contributed by atoms with Crippen LogP contribution in [0.2, 0.25) is 0 Å². The molecule has 1 aliphatic heterocycles. The first-order valence-corrected chi connectivity index (χ1v) is 12.3. The lowest BCUT2D eigenvalue weighted by molar-refractivity contribution is 0.0936. The molecule has 1 atom stereocenters. The number of hydrogen-bond donors (Lipinski definition) is 1. The molecule has 7 heteroatoms. The van der Waals surface area contributed by atoms with Crippen LogP contribution in [0.25, 0.3) is 0 Å². The van der Waals surface area contributed by atoms with Crippen LogP contribution < -0.4 is 10.1 Å². The maximum absolute atomic E-state index is 13.1. The maximum Gasteiger partial charge on any atom is 0.255 e. The topological polar surface area (TPSA) is 75.7 Å². The summed E-state index contributed by atoms with van der Waals surface area (Å²) in [5.41, 5.74) is 2.43. The van der Waals surface area contributed by atoms with Gasteiger partial charge in [-0.2, -0.15) is 4.31 Å². The van der Waals surface area contributed by atoms with Gasteiger partial charge >= 0.3 is 0 Å². The zero-order chi connectivity index (χ0) is 22.6. The van der Waals surface area contributed by atoms with Crippen LogP contribution in [0.3, 0.4) is 0 Å². The Morgan fingerprint density at radius 2 is 1.81 bits per heavy atom. The molecule has 0 aromatic heterocycles. The number of ether oxygens (including phenoxy) is 1. The van der Waals surface area contributed by atoms with E-state index < -0.39 is 10.0 Å². The molecule has 0 bridgehead atoms. The third-order valence-corrected chi connectivity index (χ3v) is 7.93. The minimum atomic E-state index is -3.66. The largest absolute Gasteiger partial charge is 0.496 e. The van der Waals surface area contributed by atoms with Gasteiger partial charge in [0.2, 0.25) is 10.0 Å². The molecule has 0 spiro atoms. The number of rotatable bonds is 7. The number of benzene rings is 2. The fraction of sp³-hybridized carbons (Fsp3) is 0.458. The van der Waals surface area contributed by atoms with Gasteiger partial charge in [0.05, 0.1) is 23.6 Å². The van der Waals surface area contributed by atoms with E-state index in [1.807, 2.05) is 31.2 Å². The number of hydrogen-bond acceptors (Lipinski definition) is 4. The summed E-state index contributed by atoms with van der Waals surface area (Å²) < 4.78 is 33.1. The fourth-order valence-corrected chi connectivity index (χ4v) is 5.30. The predicted octanol–water partition coefficient (Wildman–Crippen LogP) is 4.17. The molecule has 0 aliphatic carbocycles. The van der Waals surface area contributed by atoms with E-state index in [0.29, 0.717) is 24.8 Å². The molecule has 2 aromatic rings. The highest BCUT2D eigenvalue weighted by Crippen LogP contribution is 2.28. The quantitative estimate of drug-likeness (QED) is 0.695. The zero-order valence-electron chi connectivity index (χ0n) is 18.7. The van der Waals surface area contributed by atoms with Gasteiger partial charge in [0, 0.05) is 13.1 Å². The highest BCUT2D eigenvalue weighted by molar-refractivity contribution is 7.89. The lowest BCUT2D eigenvalue weighted by Crippen LogP contribution is -2.38. The zero-order valence-corrected chi connectivity index (χ0v) is 19.5. The van der Waals surface area contributed by atoms with E-state index >= 15 is 0 Å². The number of carbonyl (C=O) groups is 1. The van der Waals surface area contributed by atoms with Crippen LogP contribution >= 0.6 is 0 Å². The number of nitrogens with zero attached hydrogens (tertiary/aromatic N) is 1. The van der Waals surface area contributed by atoms with Gasteiger partial charge in [0.25, 0.3) is 5.91 Å². The Kier molecular flexibility index (Phi) is 7.38. The normalized spacial score (nSPS) is 16.6. The highest BCUT2D eigenvalue weighted by Gasteiger charge is 2.29. The van der Waals surface area contributed by atoms with Crippen LogP contribution in [-0.2, 0) is 16.4 Å². The number of aryl methyl sites for hydroxylation is 1. The summed E-state index contributed by atoms with van der Waals surface area (Å²) >= 11 is 0.